The van der Waals surface area contributed by atoms with Crippen LogP contribution in [0.15, 0.2) is 48.7 Å². The molecule has 152 valence electrons. The maximum absolute atomic E-state index is 10.3. The predicted octanol–water partition coefficient (Wildman–Crippen LogP) is 5.12. The van der Waals surface area contributed by atoms with Crippen LogP contribution >= 0.6 is 0 Å². The summed E-state index contributed by atoms with van der Waals surface area (Å²) in [5.74, 6) is 0.711. The molecule has 3 aromatic rings. The number of hydrogen-bond acceptors (Lipinski definition) is 3. The fourth-order valence-corrected chi connectivity index (χ4v) is 4.83. The van der Waals surface area contributed by atoms with Gasteiger partial charge in [0.1, 0.15) is 0 Å². The maximum Gasteiger partial charge on any atom is 0.160 e. The van der Waals surface area contributed by atoms with Crippen molar-refractivity contribution >= 4 is 0 Å². The fraction of sp³-hybridized carbons (Fsp3) is 0.360. The van der Waals surface area contributed by atoms with E-state index >= 15 is 0 Å². The van der Waals surface area contributed by atoms with Gasteiger partial charge < -0.3 is 14.4 Å². The number of benzene rings is 2. The molecule has 4 heteroatoms. The van der Waals surface area contributed by atoms with Crippen molar-refractivity contribution < 1.29 is 9.84 Å². The Hall–Kier alpha value is -2.72. The Balaban J connectivity index is 1.78. The molecule has 0 saturated carbocycles. The molecule has 29 heavy (non-hydrogen) atoms. The molecule has 0 bridgehead atoms. The van der Waals surface area contributed by atoms with Gasteiger partial charge in [-0.2, -0.15) is 0 Å². The summed E-state index contributed by atoms with van der Waals surface area (Å²) in [6.45, 7) is 9.44. The molecule has 1 aromatic heterocycles. The zero-order chi connectivity index (χ0) is 20.5. The van der Waals surface area contributed by atoms with Crippen molar-refractivity contribution in [3.63, 3.8) is 0 Å². The number of fused-ring (bicyclic) bond motifs is 1. The highest BCUT2D eigenvalue weighted by Crippen LogP contribution is 2.37. The van der Waals surface area contributed by atoms with E-state index in [1.54, 1.807) is 7.11 Å². The van der Waals surface area contributed by atoms with Crippen LogP contribution in [0.3, 0.4) is 0 Å². The fourth-order valence-electron chi connectivity index (χ4n) is 4.83. The minimum atomic E-state index is 0.192. The van der Waals surface area contributed by atoms with Crippen molar-refractivity contribution in [1.29, 1.82) is 0 Å². The molecule has 1 aliphatic heterocycles. The van der Waals surface area contributed by atoms with Crippen LogP contribution < -0.4 is 4.74 Å². The van der Waals surface area contributed by atoms with Crippen molar-refractivity contribution in [2.45, 2.75) is 46.3 Å². The molecular weight excluding hydrogens is 360 g/mol. The summed E-state index contributed by atoms with van der Waals surface area (Å²) in [7, 11) is 1.58. The molecule has 0 saturated heterocycles. The van der Waals surface area contributed by atoms with Crippen molar-refractivity contribution in [1.82, 2.24) is 9.47 Å². The Bertz CT molecular complexity index is 998. The van der Waals surface area contributed by atoms with Crippen LogP contribution in [0.4, 0.5) is 0 Å². The van der Waals surface area contributed by atoms with Crippen LogP contribution in [0.25, 0.3) is 0 Å². The number of phenols is 1. The Morgan fingerprint density at radius 2 is 1.79 bits per heavy atom. The van der Waals surface area contributed by atoms with Gasteiger partial charge in [0.25, 0.3) is 0 Å². The molecule has 2 aromatic carbocycles. The van der Waals surface area contributed by atoms with Crippen LogP contribution in [0.2, 0.25) is 0 Å². The van der Waals surface area contributed by atoms with Gasteiger partial charge >= 0.3 is 0 Å². The first-order chi connectivity index (χ1) is 14.0. The third kappa shape index (κ3) is 3.77. The first kappa shape index (κ1) is 19.6. The minimum Gasteiger partial charge on any atom is -0.504 e. The second kappa shape index (κ2) is 7.96. The van der Waals surface area contributed by atoms with E-state index in [-0.39, 0.29) is 11.8 Å². The Kier molecular flexibility index (Phi) is 5.37. The van der Waals surface area contributed by atoms with Gasteiger partial charge in [-0.3, -0.25) is 4.90 Å². The van der Waals surface area contributed by atoms with Gasteiger partial charge in [0.15, 0.2) is 11.5 Å². The molecule has 0 fully saturated rings. The summed E-state index contributed by atoms with van der Waals surface area (Å²) in [4.78, 5) is 2.55. The molecule has 4 nitrogen and oxygen atoms in total. The Labute approximate surface area is 173 Å². The van der Waals surface area contributed by atoms with Crippen molar-refractivity contribution in [2.75, 3.05) is 13.7 Å². The highest BCUT2D eigenvalue weighted by molar-refractivity contribution is 5.45. The summed E-state index contributed by atoms with van der Waals surface area (Å²) >= 11 is 0. The average molecular weight is 391 g/mol. The number of nitrogens with zero attached hydrogens (tertiary/aromatic N) is 2. The standard InChI is InChI=1S/C25H30N2O2/c1-17-13-18(2)24(19(3)14-17)25-21-7-5-10-26(21)11-6-12-27(25)16-20-8-9-23(29-4)22(28)15-20/h5,7-10,13-15,25,28H,6,11-12,16H2,1-4H3. The number of ether oxygens (including phenoxy) is 1. The molecule has 0 radical (unpaired) electrons. The SMILES string of the molecule is COc1ccc(CN2CCCn3cccc3C2c2c(C)cc(C)cc2C)cc1O. The molecule has 1 unspecified atom stereocenters. The lowest BCUT2D eigenvalue weighted by Crippen LogP contribution is -2.30. The first-order valence-corrected chi connectivity index (χ1v) is 10.3. The monoisotopic (exact) mass is 390 g/mol. The molecule has 4 rings (SSSR count). The first-order valence-electron chi connectivity index (χ1n) is 10.3. The van der Waals surface area contributed by atoms with E-state index in [1.165, 1.54) is 27.9 Å². The van der Waals surface area contributed by atoms with E-state index in [4.69, 9.17) is 4.74 Å². The quantitative estimate of drug-likeness (QED) is 0.672. The van der Waals surface area contributed by atoms with Crippen LogP contribution in [0.1, 0.15) is 46.0 Å². The topological polar surface area (TPSA) is 37.6 Å². The number of aryl methyl sites for hydroxylation is 4. The van der Waals surface area contributed by atoms with E-state index in [2.05, 4.69) is 66.8 Å². The van der Waals surface area contributed by atoms with E-state index in [0.29, 0.717) is 5.75 Å². The number of rotatable bonds is 4. The van der Waals surface area contributed by atoms with E-state index in [0.717, 1.165) is 31.6 Å². The molecular formula is C25H30N2O2. The molecule has 0 amide bonds. The molecule has 1 atom stereocenters. The van der Waals surface area contributed by atoms with Gasteiger partial charge in [0, 0.05) is 31.5 Å². The highest BCUT2D eigenvalue weighted by atomic mass is 16.5. The number of phenolic OH excluding ortho intramolecular Hbond substituents is 1. The van der Waals surface area contributed by atoms with Crippen LogP contribution in [-0.4, -0.2) is 28.2 Å². The van der Waals surface area contributed by atoms with E-state index in [1.807, 2.05) is 12.1 Å². The highest BCUT2D eigenvalue weighted by Gasteiger charge is 2.29. The Morgan fingerprint density at radius 1 is 1.03 bits per heavy atom. The minimum absolute atomic E-state index is 0.192. The van der Waals surface area contributed by atoms with Crippen molar-refractivity contribution in [3.05, 3.63) is 82.2 Å². The second-order valence-corrected chi connectivity index (χ2v) is 8.17. The Morgan fingerprint density at radius 3 is 2.48 bits per heavy atom. The maximum atomic E-state index is 10.3. The predicted molar refractivity (Wildman–Crippen MR) is 117 cm³/mol. The van der Waals surface area contributed by atoms with Crippen molar-refractivity contribution in [2.24, 2.45) is 0 Å². The zero-order valence-electron chi connectivity index (χ0n) is 17.8. The number of aromatic hydroxyl groups is 1. The van der Waals surface area contributed by atoms with Gasteiger partial charge in [-0.05, 0) is 73.7 Å². The van der Waals surface area contributed by atoms with Crippen LogP contribution in [0.5, 0.6) is 11.5 Å². The number of aromatic nitrogens is 1. The molecule has 0 aliphatic carbocycles. The lowest BCUT2D eigenvalue weighted by molar-refractivity contribution is 0.219. The van der Waals surface area contributed by atoms with Gasteiger partial charge in [0.2, 0.25) is 0 Å². The van der Waals surface area contributed by atoms with E-state index in [9.17, 15) is 5.11 Å². The largest absolute Gasteiger partial charge is 0.504 e. The van der Waals surface area contributed by atoms with Crippen LogP contribution in [0, 0.1) is 20.8 Å². The van der Waals surface area contributed by atoms with Gasteiger partial charge in [-0.1, -0.05) is 23.8 Å². The number of methoxy groups -OCH3 is 1. The molecule has 0 spiro atoms. The normalized spacial score (nSPS) is 17.0. The van der Waals surface area contributed by atoms with E-state index < -0.39 is 0 Å². The molecule has 1 N–H and O–H groups in total. The average Bonchev–Trinajstić information content (AvgIpc) is 3.06. The van der Waals surface area contributed by atoms with Gasteiger partial charge in [-0.15, -0.1) is 0 Å². The molecule has 2 heterocycles. The third-order valence-corrected chi connectivity index (χ3v) is 5.99. The number of hydrogen-bond donors (Lipinski definition) is 1. The zero-order valence-corrected chi connectivity index (χ0v) is 17.8. The third-order valence-electron chi connectivity index (χ3n) is 5.99. The summed E-state index contributed by atoms with van der Waals surface area (Å²) in [5.41, 5.74) is 7.81. The molecule has 1 aliphatic rings. The van der Waals surface area contributed by atoms with Crippen LogP contribution in [-0.2, 0) is 13.1 Å². The summed E-state index contributed by atoms with van der Waals surface area (Å²) < 4.78 is 7.61. The lowest BCUT2D eigenvalue weighted by atomic mass is 9.91. The van der Waals surface area contributed by atoms with Gasteiger partial charge in [-0.25, -0.2) is 0 Å². The lowest BCUT2D eigenvalue weighted by Gasteiger charge is -2.33. The van der Waals surface area contributed by atoms with Crippen molar-refractivity contribution in [3.8, 4) is 11.5 Å². The summed E-state index contributed by atoms with van der Waals surface area (Å²) in [6.07, 6.45) is 3.30. The summed E-state index contributed by atoms with van der Waals surface area (Å²) in [5, 5.41) is 10.3. The smallest absolute Gasteiger partial charge is 0.160 e. The second-order valence-electron chi connectivity index (χ2n) is 8.17. The van der Waals surface area contributed by atoms with Gasteiger partial charge in [0.05, 0.1) is 13.2 Å². The summed E-state index contributed by atoms with van der Waals surface area (Å²) in [6, 6.07) is 14.9.